The zero-order chi connectivity index (χ0) is 6.69. The summed E-state index contributed by atoms with van der Waals surface area (Å²) in [6.45, 7) is 0. The van der Waals surface area contributed by atoms with Crippen molar-refractivity contribution in [2.75, 3.05) is 2.87 Å². The average molecular weight is 149 g/mol. The van der Waals surface area contributed by atoms with Gasteiger partial charge in [0, 0.05) is 0 Å². The molecule has 0 N–H and O–H groups in total. The van der Waals surface area contributed by atoms with Crippen LogP contribution in [0.25, 0.3) is 0 Å². The molecule has 44 valence electrons. The van der Waals surface area contributed by atoms with Crippen LogP contribution in [0, 0.1) is 0 Å². The van der Waals surface area contributed by atoms with E-state index >= 15 is 0 Å². The van der Waals surface area contributed by atoms with Gasteiger partial charge in [-0.05, 0) is 17.8 Å². The maximum absolute atomic E-state index is 2.36. The molecule has 1 aromatic carbocycles. The van der Waals surface area contributed by atoms with Gasteiger partial charge in [0.1, 0.15) is 0 Å². The molecule has 9 heavy (non-hydrogen) atoms. The molecule has 0 unspecified atom stereocenters. The standard InChI is InChI=1S/C6H5N.2Al.4H/c7-6-4-2-1-3-5-6;;;;;;/h1-5H;;;;;;. The molecule has 0 heterocycles. The lowest BCUT2D eigenvalue weighted by Crippen LogP contribution is -2.12. The summed E-state index contributed by atoms with van der Waals surface area (Å²) in [5.74, 6) is 0. The molecule has 1 nitrogen and oxygen atoms in total. The SMILES string of the molecule is [AlH2][N]([AlH2])c1ccccc1. The second-order valence-corrected chi connectivity index (χ2v) is 6.70. The third kappa shape index (κ3) is 2.05. The van der Waals surface area contributed by atoms with Gasteiger partial charge in [0.25, 0.3) is 0 Å². The summed E-state index contributed by atoms with van der Waals surface area (Å²) in [5.41, 5.74) is 1.37. The van der Waals surface area contributed by atoms with E-state index in [1.165, 1.54) is 5.69 Å². The molecule has 1 aromatic rings. The lowest BCUT2D eigenvalue weighted by molar-refractivity contribution is 1.58. The average Bonchev–Trinajstić information content (AvgIpc) is 1.90. The van der Waals surface area contributed by atoms with Gasteiger partial charge in [0.15, 0.2) is 0 Å². The van der Waals surface area contributed by atoms with Crippen LogP contribution < -0.4 is 2.87 Å². The summed E-state index contributed by atoms with van der Waals surface area (Å²) in [6, 6.07) is 10.5. The van der Waals surface area contributed by atoms with Gasteiger partial charge in [0.2, 0.25) is 0 Å². The third-order valence-electron chi connectivity index (χ3n) is 1.27. The fourth-order valence-electron chi connectivity index (χ4n) is 0.726. The molecule has 1 rings (SSSR count). The quantitative estimate of drug-likeness (QED) is 0.490. The van der Waals surface area contributed by atoms with Crippen molar-refractivity contribution in [3.63, 3.8) is 0 Å². The lowest BCUT2D eigenvalue weighted by atomic mass is 10.3. The maximum Gasteiger partial charge on any atom is 0.336 e. The van der Waals surface area contributed by atoms with Crippen LogP contribution in [0.5, 0.6) is 0 Å². The first kappa shape index (κ1) is 7.20. The van der Waals surface area contributed by atoms with Crippen LogP contribution in [0.1, 0.15) is 0 Å². The number of hydrogen-bond donors (Lipinski definition) is 0. The van der Waals surface area contributed by atoms with Gasteiger partial charge in [-0.15, -0.1) is 0 Å². The van der Waals surface area contributed by atoms with E-state index in [1.807, 2.05) is 0 Å². The van der Waals surface area contributed by atoms with Crippen molar-refractivity contribution in [2.24, 2.45) is 0 Å². The first-order valence-corrected chi connectivity index (χ1v) is 4.82. The van der Waals surface area contributed by atoms with Gasteiger partial charge < -0.3 is 2.87 Å². The fraction of sp³-hybridized carbons (Fsp3) is 0. The van der Waals surface area contributed by atoms with Crippen LogP contribution in [-0.4, -0.2) is 33.0 Å². The zero-order valence-corrected chi connectivity index (χ0v) is 9.83. The summed E-state index contributed by atoms with van der Waals surface area (Å²) in [6.07, 6.45) is 0. The van der Waals surface area contributed by atoms with E-state index in [-0.39, 0.29) is 0 Å². The predicted octanol–water partition coefficient (Wildman–Crippen LogP) is -0.411. The summed E-state index contributed by atoms with van der Waals surface area (Å²) < 4.78 is 2.36. The molecular formula is C6H9Al2N. The monoisotopic (exact) mass is 149 g/mol. The van der Waals surface area contributed by atoms with Gasteiger partial charge in [-0.25, -0.2) is 0 Å². The van der Waals surface area contributed by atoms with Crippen LogP contribution in [0.4, 0.5) is 5.69 Å². The van der Waals surface area contributed by atoms with Crippen molar-refractivity contribution < 1.29 is 0 Å². The fourth-order valence-corrected chi connectivity index (χ4v) is 1.32. The van der Waals surface area contributed by atoms with Crippen LogP contribution in [-0.2, 0) is 0 Å². The number of benzene rings is 1. The lowest BCUT2D eigenvalue weighted by Gasteiger charge is -2.14. The number of anilines is 1. The van der Waals surface area contributed by atoms with Crippen molar-refractivity contribution in [3.05, 3.63) is 30.3 Å². The highest BCUT2D eigenvalue weighted by molar-refractivity contribution is 6.41. The van der Waals surface area contributed by atoms with E-state index in [1.54, 1.807) is 0 Å². The minimum Gasteiger partial charge on any atom is -0.570 e. The van der Waals surface area contributed by atoms with E-state index in [0.717, 1.165) is 33.0 Å². The third-order valence-corrected chi connectivity index (χ3v) is 2.31. The second-order valence-electron chi connectivity index (χ2n) is 2.23. The first-order chi connectivity index (χ1) is 4.30. The van der Waals surface area contributed by atoms with Crippen molar-refractivity contribution >= 4 is 38.7 Å². The van der Waals surface area contributed by atoms with Crippen molar-refractivity contribution in [1.82, 2.24) is 0 Å². The Labute approximate surface area is 72.0 Å². The number of para-hydroxylation sites is 1. The van der Waals surface area contributed by atoms with Gasteiger partial charge >= 0.3 is 33.0 Å². The Morgan fingerprint density at radius 1 is 1.00 bits per heavy atom. The van der Waals surface area contributed by atoms with E-state index in [0.29, 0.717) is 0 Å². The molecule has 3 heteroatoms. The summed E-state index contributed by atoms with van der Waals surface area (Å²) in [7, 11) is 0. The highest BCUT2D eigenvalue weighted by Crippen LogP contribution is 2.06. The van der Waals surface area contributed by atoms with Crippen molar-refractivity contribution in [1.29, 1.82) is 0 Å². The first-order valence-electron chi connectivity index (χ1n) is 3.03. The van der Waals surface area contributed by atoms with E-state index in [2.05, 4.69) is 33.2 Å². The van der Waals surface area contributed by atoms with Gasteiger partial charge in [-0.2, -0.15) is 0 Å². The van der Waals surface area contributed by atoms with E-state index in [9.17, 15) is 0 Å². The molecular weight excluding hydrogens is 140 g/mol. The Kier molecular flexibility index (Phi) is 2.64. The summed E-state index contributed by atoms with van der Waals surface area (Å²) in [4.78, 5) is 0. The zero-order valence-electron chi connectivity index (χ0n) is 5.83. The van der Waals surface area contributed by atoms with Gasteiger partial charge in [-0.1, -0.05) is 18.2 Å². The largest absolute Gasteiger partial charge is 0.570 e. The second kappa shape index (κ2) is 3.30. The Morgan fingerprint density at radius 3 is 1.89 bits per heavy atom. The van der Waals surface area contributed by atoms with Crippen molar-refractivity contribution in [2.45, 2.75) is 0 Å². The Balaban J connectivity index is 2.85. The topological polar surface area (TPSA) is 3.24 Å². The van der Waals surface area contributed by atoms with Crippen molar-refractivity contribution in [3.8, 4) is 0 Å². The molecule has 0 bridgehead atoms. The molecule has 0 aromatic heterocycles. The van der Waals surface area contributed by atoms with Crippen LogP contribution in [0.3, 0.4) is 0 Å². The van der Waals surface area contributed by atoms with Gasteiger partial charge in [0.05, 0.1) is 0 Å². The molecule has 0 amide bonds. The highest BCUT2D eigenvalue weighted by atomic mass is 27.1. The number of rotatable bonds is 1. The highest BCUT2D eigenvalue weighted by Gasteiger charge is 1.87. The minimum absolute atomic E-state index is 1.15. The number of nitrogens with zero attached hydrogens (tertiary/aromatic N) is 1. The number of hydrogen-bond acceptors (Lipinski definition) is 1. The van der Waals surface area contributed by atoms with Crippen LogP contribution in [0.15, 0.2) is 30.3 Å². The Hall–Kier alpha value is 0.0849. The molecule has 0 saturated heterocycles. The normalized spacial score (nSPS) is 8.89. The minimum atomic E-state index is 1.15. The van der Waals surface area contributed by atoms with Crippen LogP contribution >= 0.6 is 0 Å². The Morgan fingerprint density at radius 2 is 1.56 bits per heavy atom. The molecule has 0 atom stereocenters. The smallest absolute Gasteiger partial charge is 0.336 e. The molecule has 0 spiro atoms. The van der Waals surface area contributed by atoms with E-state index < -0.39 is 0 Å². The van der Waals surface area contributed by atoms with Crippen LogP contribution in [0.2, 0.25) is 0 Å². The van der Waals surface area contributed by atoms with E-state index in [4.69, 9.17) is 0 Å². The Bertz CT molecular complexity index is 174. The predicted molar refractivity (Wildman–Crippen MR) is 46.0 cm³/mol. The summed E-state index contributed by atoms with van der Waals surface area (Å²) in [5, 5.41) is 0. The molecule has 0 radical (unpaired) electrons. The van der Waals surface area contributed by atoms with Gasteiger partial charge in [-0.3, -0.25) is 0 Å². The molecule has 0 aliphatic carbocycles. The molecule has 0 fully saturated rings. The molecule has 0 aliphatic rings. The molecule has 0 saturated carbocycles. The molecule has 0 aliphatic heterocycles. The summed E-state index contributed by atoms with van der Waals surface area (Å²) >= 11 is 2.30. The maximum atomic E-state index is 2.36.